The number of hydrogen-bond acceptors (Lipinski definition) is 2. The number of aromatic nitrogens is 1. The molecule has 24 heavy (non-hydrogen) atoms. The van der Waals surface area contributed by atoms with Crippen molar-refractivity contribution in [2.24, 2.45) is 0 Å². The van der Waals surface area contributed by atoms with Crippen molar-refractivity contribution >= 4 is 6.03 Å². The van der Waals surface area contributed by atoms with Crippen molar-refractivity contribution in [2.45, 2.75) is 32.4 Å². The third-order valence-electron chi connectivity index (χ3n) is 4.05. The predicted molar refractivity (Wildman–Crippen MR) is 88.3 cm³/mol. The van der Waals surface area contributed by atoms with Crippen molar-refractivity contribution in [3.05, 3.63) is 65.5 Å². The maximum atomic E-state index is 13.3. The molecule has 2 aromatic rings. The van der Waals surface area contributed by atoms with Gasteiger partial charge in [0.05, 0.1) is 12.1 Å². The molecule has 1 N–H and O–H groups in total. The molecule has 0 radical (unpaired) electrons. The Morgan fingerprint density at radius 2 is 1.83 bits per heavy atom. The number of urea groups is 1. The second-order valence-corrected chi connectivity index (χ2v) is 5.66. The van der Waals surface area contributed by atoms with Gasteiger partial charge < -0.3 is 10.2 Å². The summed E-state index contributed by atoms with van der Waals surface area (Å²) in [5.74, 6) is -1.83. The molecule has 4 nitrogen and oxygen atoms in total. The Balaban J connectivity index is 2.08. The fourth-order valence-corrected chi connectivity index (χ4v) is 2.61. The molecule has 0 spiro atoms. The van der Waals surface area contributed by atoms with Gasteiger partial charge in [-0.15, -0.1) is 0 Å². The highest BCUT2D eigenvalue weighted by Crippen LogP contribution is 2.23. The summed E-state index contributed by atoms with van der Waals surface area (Å²) in [7, 11) is 1.71. The minimum Gasteiger partial charge on any atom is -0.331 e. The number of benzene rings is 1. The van der Waals surface area contributed by atoms with Crippen molar-refractivity contribution in [3.63, 3.8) is 0 Å². The van der Waals surface area contributed by atoms with Crippen LogP contribution in [0, 0.1) is 11.6 Å². The van der Waals surface area contributed by atoms with Crippen molar-refractivity contribution < 1.29 is 13.6 Å². The lowest BCUT2D eigenvalue weighted by atomic mass is 10.0. The quantitative estimate of drug-likeness (QED) is 0.891. The van der Waals surface area contributed by atoms with E-state index in [1.807, 2.05) is 19.1 Å². The molecule has 0 aliphatic rings. The van der Waals surface area contributed by atoms with Crippen LogP contribution in [0.25, 0.3) is 0 Å². The largest absolute Gasteiger partial charge is 0.331 e. The van der Waals surface area contributed by atoms with Gasteiger partial charge in [-0.1, -0.05) is 13.0 Å². The van der Waals surface area contributed by atoms with E-state index in [0.717, 1.165) is 24.1 Å². The number of amides is 2. The van der Waals surface area contributed by atoms with Crippen LogP contribution in [-0.2, 0) is 0 Å². The number of carbonyl (C=O) groups excluding carboxylic acids is 1. The number of nitrogens with zero attached hydrogens (tertiary/aromatic N) is 2. The fourth-order valence-electron chi connectivity index (χ4n) is 2.61. The second-order valence-electron chi connectivity index (χ2n) is 5.66. The number of nitrogens with one attached hydrogen (secondary N) is 1. The molecule has 2 amide bonds. The first-order chi connectivity index (χ1) is 11.4. The molecule has 0 fully saturated rings. The first-order valence-corrected chi connectivity index (χ1v) is 7.82. The SMILES string of the molecule is CC[C@H](c1ccncc1)N(C)C(=O)N[C@H](C)c1ccc(F)c(F)c1. The van der Waals surface area contributed by atoms with Gasteiger partial charge in [-0.25, -0.2) is 13.6 Å². The highest BCUT2D eigenvalue weighted by atomic mass is 19.2. The van der Waals surface area contributed by atoms with Crippen LogP contribution in [0.15, 0.2) is 42.7 Å². The topological polar surface area (TPSA) is 45.2 Å². The van der Waals surface area contributed by atoms with E-state index in [0.29, 0.717) is 5.56 Å². The van der Waals surface area contributed by atoms with Gasteiger partial charge in [0.15, 0.2) is 11.6 Å². The molecule has 2 rings (SSSR count). The van der Waals surface area contributed by atoms with Gasteiger partial charge in [-0.2, -0.15) is 0 Å². The third kappa shape index (κ3) is 4.07. The molecular formula is C18H21F2N3O. The van der Waals surface area contributed by atoms with E-state index in [2.05, 4.69) is 10.3 Å². The molecule has 0 aliphatic heterocycles. The predicted octanol–water partition coefficient (Wildman–Crippen LogP) is 4.21. The standard InChI is InChI=1S/C18H21F2N3O/c1-4-17(13-7-9-21-10-8-13)23(3)18(24)22-12(2)14-5-6-15(19)16(20)11-14/h5-12,17H,4H2,1-3H3,(H,22,24)/t12-,17-/m1/s1. The summed E-state index contributed by atoms with van der Waals surface area (Å²) in [5.41, 5.74) is 1.50. The summed E-state index contributed by atoms with van der Waals surface area (Å²) in [5, 5.41) is 2.81. The maximum absolute atomic E-state index is 13.3. The number of carbonyl (C=O) groups is 1. The number of rotatable bonds is 5. The zero-order valence-electron chi connectivity index (χ0n) is 14.0. The van der Waals surface area contributed by atoms with Gasteiger partial charge in [0.25, 0.3) is 0 Å². The molecule has 1 aromatic carbocycles. The number of pyridine rings is 1. The number of halogens is 2. The minimum absolute atomic E-state index is 0.0925. The van der Waals surface area contributed by atoms with Gasteiger partial charge >= 0.3 is 6.03 Å². The highest BCUT2D eigenvalue weighted by Gasteiger charge is 2.22. The van der Waals surface area contributed by atoms with E-state index in [1.54, 1.807) is 31.3 Å². The van der Waals surface area contributed by atoms with E-state index in [4.69, 9.17) is 0 Å². The van der Waals surface area contributed by atoms with Crippen LogP contribution >= 0.6 is 0 Å². The van der Waals surface area contributed by atoms with Crippen LogP contribution < -0.4 is 5.32 Å². The first kappa shape index (κ1) is 17.8. The van der Waals surface area contributed by atoms with E-state index in [9.17, 15) is 13.6 Å². The van der Waals surface area contributed by atoms with E-state index in [-0.39, 0.29) is 12.1 Å². The molecule has 6 heteroatoms. The van der Waals surface area contributed by atoms with Crippen LogP contribution in [0.2, 0.25) is 0 Å². The normalized spacial score (nSPS) is 13.2. The Morgan fingerprint density at radius 3 is 2.42 bits per heavy atom. The highest BCUT2D eigenvalue weighted by molar-refractivity contribution is 5.75. The Bertz CT molecular complexity index is 694. The molecule has 1 aromatic heterocycles. The van der Waals surface area contributed by atoms with Crippen molar-refractivity contribution in [1.29, 1.82) is 0 Å². The Kier molecular flexibility index (Phi) is 5.84. The zero-order chi connectivity index (χ0) is 17.7. The minimum atomic E-state index is -0.926. The molecule has 2 atom stereocenters. The van der Waals surface area contributed by atoms with Gasteiger partial charge in [0.1, 0.15) is 0 Å². The Morgan fingerprint density at radius 1 is 1.17 bits per heavy atom. The molecule has 0 unspecified atom stereocenters. The molecule has 0 bridgehead atoms. The third-order valence-corrected chi connectivity index (χ3v) is 4.05. The summed E-state index contributed by atoms with van der Waals surface area (Å²) in [6.45, 7) is 3.72. The first-order valence-electron chi connectivity index (χ1n) is 7.82. The maximum Gasteiger partial charge on any atom is 0.318 e. The lowest BCUT2D eigenvalue weighted by molar-refractivity contribution is 0.185. The number of hydrogen-bond donors (Lipinski definition) is 1. The molecular weight excluding hydrogens is 312 g/mol. The van der Waals surface area contributed by atoms with Gasteiger partial charge in [0, 0.05) is 19.4 Å². The second kappa shape index (κ2) is 7.86. The van der Waals surface area contributed by atoms with Crippen LogP contribution in [0.3, 0.4) is 0 Å². The average molecular weight is 333 g/mol. The Hall–Kier alpha value is -2.50. The van der Waals surface area contributed by atoms with Gasteiger partial charge in [0.2, 0.25) is 0 Å². The Labute approximate surface area is 140 Å². The van der Waals surface area contributed by atoms with Crippen LogP contribution in [-0.4, -0.2) is 23.0 Å². The zero-order valence-corrected chi connectivity index (χ0v) is 14.0. The van der Waals surface area contributed by atoms with Crippen LogP contribution in [0.5, 0.6) is 0 Å². The summed E-state index contributed by atoms with van der Waals surface area (Å²) in [6, 6.07) is 6.55. The average Bonchev–Trinajstić information content (AvgIpc) is 2.58. The molecule has 0 aliphatic carbocycles. The molecule has 128 valence electrons. The van der Waals surface area contributed by atoms with Crippen LogP contribution in [0.4, 0.5) is 13.6 Å². The summed E-state index contributed by atoms with van der Waals surface area (Å²) >= 11 is 0. The van der Waals surface area contributed by atoms with Crippen molar-refractivity contribution in [2.75, 3.05) is 7.05 Å². The summed E-state index contributed by atoms with van der Waals surface area (Å²) in [4.78, 5) is 18.1. The monoisotopic (exact) mass is 333 g/mol. The van der Waals surface area contributed by atoms with Crippen molar-refractivity contribution in [3.8, 4) is 0 Å². The summed E-state index contributed by atoms with van der Waals surface area (Å²) < 4.78 is 26.4. The summed E-state index contributed by atoms with van der Waals surface area (Å²) in [6.07, 6.45) is 4.12. The van der Waals surface area contributed by atoms with Gasteiger partial charge in [-0.05, 0) is 48.7 Å². The van der Waals surface area contributed by atoms with Crippen molar-refractivity contribution in [1.82, 2.24) is 15.2 Å². The molecule has 0 saturated carbocycles. The van der Waals surface area contributed by atoms with E-state index < -0.39 is 17.7 Å². The van der Waals surface area contributed by atoms with Gasteiger partial charge in [-0.3, -0.25) is 4.98 Å². The molecule has 1 heterocycles. The van der Waals surface area contributed by atoms with E-state index in [1.165, 1.54) is 6.07 Å². The smallest absolute Gasteiger partial charge is 0.318 e. The molecule has 0 saturated heterocycles. The lowest BCUT2D eigenvalue weighted by Crippen LogP contribution is -2.40. The lowest BCUT2D eigenvalue weighted by Gasteiger charge is -2.29. The fraction of sp³-hybridized carbons (Fsp3) is 0.333. The van der Waals surface area contributed by atoms with E-state index >= 15 is 0 Å². The van der Waals surface area contributed by atoms with Crippen LogP contribution in [0.1, 0.15) is 43.5 Å².